The van der Waals surface area contributed by atoms with Gasteiger partial charge in [-0.05, 0) is 42.5 Å². The van der Waals surface area contributed by atoms with Gasteiger partial charge in [0.1, 0.15) is 0 Å². The van der Waals surface area contributed by atoms with Crippen LogP contribution in [0.2, 0.25) is 0 Å². The fraction of sp³-hybridized carbons (Fsp3) is 0.562. The molecule has 1 aromatic carbocycles. The van der Waals surface area contributed by atoms with Crippen LogP contribution >= 0.6 is 0 Å². The normalized spacial score (nSPS) is 22.4. The fourth-order valence-electron chi connectivity index (χ4n) is 2.85. The zero-order chi connectivity index (χ0) is 13.7. The Morgan fingerprint density at radius 2 is 2.00 bits per heavy atom. The van der Waals surface area contributed by atoms with Crippen LogP contribution in [0.3, 0.4) is 0 Å². The molecule has 1 aliphatic rings. The van der Waals surface area contributed by atoms with Gasteiger partial charge < -0.3 is 10.6 Å². The molecule has 0 heterocycles. The summed E-state index contributed by atoms with van der Waals surface area (Å²) in [6.45, 7) is 4.35. The first-order valence-corrected chi connectivity index (χ1v) is 7.22. The van der Waals surface area contributed by atoms with Gasteiger partial charge in [0.15, 0.2) is 0 Å². The number of hydrogen-bond acceptors (Lipinski definition) is 2. The zero-order valence-corrected chi connectivity index (χ0v) is 11.9. The third kappa shape index (κ3) is 3.80. The molecule has 1 aromatic rings. The lowest BCUT2D eigenvalue weighted by atomic mass is 9.98. The summed E-state index contributed by atoms with van der Waals surface area (Å²) < 4.78 is 0. The first kappa shape index (κ1) is 14.1. The van der Waals surface area contributed by atoms with Crippen molar-refractivity contribution in [2.75, 3.05) is 13.6 Å². The van der Waals surface area contributed by atoms with Crippen LogP contribution in [0.25, 0.3) is 0 Å². The van der Waals surface area contributed by atoms with E-state index in [1.54, 1.807) is 7.05 Å². The Balaban J connectivity index is 1.78. The van der Waals surface area contributed by atoms with Gasteiger partial charge >= 0.3 is 0 Å². The van der Waals surface area contributed by atoms with Gasteiger partial charge in [0.2, 0.25) is 0 Å². The molecule has 2 atom stereocenters. The Morgan fingerprint density at radius 3 is 2.58 bits per heavy atom. The van der Waals surface area contributed by atoms with Crippen LogP contribution in [0.5, 0.6) is 0 Å². The molecule has 2 unspecified atom stereocenters. The Kier molecular flexibility index (Phi) is 4.97. The van der Waals surface area contributed by atoms with Crippen molar-refractivity contribution < 1.29 is 4.79 Å². The van der Waals surface area contributed by atoms with Crippen LogP contribution in [-0.4, -0.2) is 19.5 Å². The summed E-state index contributed by atoms with van der Waals surface area (Å²) in [5.41, 5.74) is 1.95. The molecule has 19 heavy (non-hydrogen) atoms. The van der Waals surface area contributed by atoms with Gasteiger partial charge in [0.05, 0.1) is 0 Å². The summed E-state index contributed by atoms with van der Waals surface area (Å²) in [7, 11) is 1.65. The lowest BCUT2D eigenvalue weighted by Gasteiger charge is -2.16. The number of amides is 1. The van der Waals surface area contributed by atoms with Crippen LogP contribution in [-0.2, 0) is 6.54 Å². The van der Waals surface area contributed by atoms with Crippen molar-refractivity contribution >= 4 is 5.91 Å². The van der Waals surface area contributed by atoms with Crippen molar-refractivity contribution in [1.29, 1.82) is 0 Å². The van der Waals surface area contributed by atoms with Crippen LogP contribution in [0.1, 0.15) is 42.1 Å². The molecule has 3 nitrogen and oxygen atoms in total. The number of rotatable bonds is 5. The monoisotopic (exact) mass is 260 g/mol. The highest BCUT2D eigenvalue weighted by Crippen LogP contribution is 2.30. The van der Waals surface area contributed by atoms with E-state index in [-0.39, 0.29) is 5.91 Å². The fourth-order valence-corrected chi connectivity index (χ4v) is 2.85. The number of benzene rings is 1. The van der Waals surface area contributed by atoms with Crippen molar-refractivity contribution in [3.63, 3.8) is 0 Å². The molecule has 1 saturated carbocycles. The minimum absolute atomic E-state index is 0.0284. The van der Waals surface area contributed by atoms with Crippen LogP contribution in [0, 0.1) is 11.8 Å². The largest absolute Gasteiger partial charge is 0.355 e. The van der Waals surface area contributed by atoms with Gasteiger partial charge in [0.25, 0.3) is 5.91 Å². The lowest BCUT2D eigenvalue weighted by Crippen LogP contribution is -2.24. The molecule has 1 aliphatic carbocycles. The van der Waals surface area contributed by atoms with Crippen molar-refractivity contribution in [3.05, 3.63) is 35.4 Å². The molecule has 1 fully saturated rings. The van der Waals surface area contributed by atoms with E-state index in [4.69, 9.17) is 0 Å². The molecule has 0 bridgehead atoms. The molecule has 0 radical (unpaired) electrons. The van der Waals surface area contributed by atoms with Gasteiger partial charge in [-0.2, -0.15) is 0 Å². The molecule has 2 N–H and O–H groups in total. The van der Waals surface area contributed by atoms with Crippen molar-refractivity contribution in [2.45, 2.75) is 32.7 Å². The van der Waals surface area contributed by atoms with Crippen LogP contribution < -0.4 is 10.6 Å². The van der Waals surface area contributed by atoms with E-state index in [0.29, 0.717) is 0 Å². The summed E-state index contributed by atoms with van der Waals surface area (Å²) >= 11 is 0. The average molecular weight is 260 g/mol. The maximum atomic E-state index is 11.4. The second-order valence-electron chi connectivity index (χ2n) is 5.58. The summed E-state index contributed by atoms with van der Waals surface area (Å²) in [5.74, 6) is 1.67. The molecule has 2 rings (SSSR count). The van der Waals surface area contributed by atoms with E-state index >= 15 is 0 Å². The van der Waals surface area contributed by atoms with E-state index in [9.17, 15) is 4.79 Å². The molecule has 0 spiro atoms. The van der Waals surface area contributed by atoms with Crippen molar-refractivity contribution in [2.24, 2.45) is 11.8 Å². The average Bonchev–Trinajstić information content (AvgIpc) is 2.84. The van der Waals surface area contributed by atoms with Gasteiger partial charge in [-0.25, -0.2) is 0 Å². The van der Waals surface area contributed by atoms with Gasteiger partial charge in [-0.3, -0.25) is 4.79 Å². The topological polar surface area (TPSA) is 41.1 Å². The van der Waals surface area contributed by atoms with Crippen LogP contribution in [0.15, 0.2) is 24.3 Å². The highest BCUT2D eigenvalue weighted by Gasteiger charge is 2.22. The molecule has 0 aromatic heterocycles. The van der Waals surface area contributed by atoms with Crippen LogP contribution in [0.4, 0.5) is 0 Å². The number of nitrogens with one attached hydrogen (secondary N) is 2. The summed E-state index contributed by atoms with van der Waals surface area (Å²) in [6.07, 6.45) is 4.13. The van der Waals surface area contributed by atoms with Gasteiger partial charge in [-0.15, -0.1) is 0 Å². The van der Waals surface area contributed by atoms with E-state index in [2.05, 4.69) is 17.6 Å². The molecular weight excluding hydrogens is 236 g/mol. The number of carbonyl (C=O) groups excluding carboxylic acids is 1. The van der Waals surface area contributed by atoms with E-state index < -0.39 is 0 Å². The third-order valence-electron chi connectivity index (χ3n) is 4.22. The highest BCUT2D eigenvalue weighted by atomic mass is 16.1. The van der Waals surface area contributed by atoms with Crippen molar-refractivity contribution in [3.8, 4) is 0 Å². The van der Waals surface area contributed by atoms with Gasteiger partial charge in [-0.1, -0.05) is 31.9 Å². The minimum Gasteiger partial charge on any atom is -0.355 e. The maximum Gasteiger partial charge on any atom is 0.251 e. The zero-order valence-electron chi connectivity index (χ0n) is 11.9. The second kappa shape index (κ2) is 6.71. The molecule has 3 heteroatoms. The van der Waals surface area contributed by atoms with E-state index in [1.165, 1.54) is 24.8 Å². The van der Waals surface area contributed by atoms with Crippen molar-refractivity contribution in [1.82, 2.24) is 10.6 Å². The van der Waals surface area contributed by atoms with E-state index in [0.717, 1.165) is 30.5 Å². The highest BCUT2D eigenvalue weighted by molar-refractivity contribution is 5.93. The smallest absolute Gasteiger partial charge is 0.251 e. The number of carbonyl (C=O) groups is 1. The first-order valence-electron chi connectivity index (χ1n) is 7.22. The molecule has 0 aliphatic heterocycles. The molecular formula is C16H24N2O. The predicted octanol–water partition coefficient (Wildman–Crippen LogP) is 2.57. The Hall–Kier alpha value is -1.35. The summed E-state index contributed by atoms with van der Waals surface area (Å²) in [4.78, 5) is 11.4. The Bertz CT molecular complexity index is 413. The lowest BCUT2D eigenvalue weighted by molar-refractivity contribution is 0.0963. The Labute approximate surface area is 115 Å². The molecule has 104 valence electrons. The van der Waals surface area contributed by atoms with E-state index in [1.807, 2.05) is 24.3 Å². The summed E-state index contributed by atoms with van der Waals surface area (Å²) in [5, 5.41) is 6.17. The first-order chi connectivity index (χ1) is 9.20. The second-order valence-corrected chi connectivity index (χ2v) is 5.58. The number of hydrogen-bond donors (Lipinski definition) is 2. The third-order valence-corrected chi connectivity index (χ3v) is 4.22. The quantitative estimate of drug-likeness (QED) is 0.854. The summed E-state index contributed by atoms with van der Waals surface area (Å²) in [6, 6.07) is 7.81. The Morgan fingerprint density at radius 1 is 1.26 bits per heavy atom. The standard InChI is InChI=1S/C16H24N2O/c1-12-4-3-5-15(12)11-18-10-13-6-8-14(9-7-13)16(19)17-2/h6-9,12,15,18H,3-5,10-11H2,1-2H3,(H,17,19). The maximum absolute atomic E-state index is 11.4. The molecule has 1 amide bonds. The molecule has 0 saturated heterocycles. The SMILES string of the molecule is CNC(=O)c1ccc(CNCC2CCCC2C)cc1. The predicted molar refractivity (Wildman–Crippen MR) is 78.0 cm³/mol. The minimum atomic E-state index is -0.0284. The van der Waals surface area contributed by atoms with Gasteiger partial charge in [0, 0.05) is 19.2 Å².